The summed E-state index contributed by atoms with van der Waals surface area (Å²) in [4.78, 5) is 18.6. The minimum Gasteiger partial charge on any atom is -0.377 e. The van der Waals surface area contributed by atoms with Crippen molar-refractivity contribution in [1.29, 1.82) is 0 Å². The SMILES string of the molecule is C[C@@H]1CCCC[C@@H]1N1C(=O)/C(=C/c2ccc(N(C)C)c(Br)c2)SC1Nc1ccccc1. The van der Waals surface area contributed by atoms with Gasteiger partial charge in [-0.05, 0) is 70.6 Å². The van der Waals surface area contributed by atoms with Gasteiger partial charge in [0.25, 0.3) is 5.91 Å². The van der Waals surface area contributed by atoms with Crippen LogP contribution in [0.5, 0.6) is 0 Å². The van der Waals surface area contributed by atoms with E-state index in [1.165, 1.54) is 19.3 Å². The van der Waals surface area contributed by atoms with Gasteiger partial charge in [0.15, 0.2) is 5.50 Å². The molecule has 0 spiro atoms. The van der Waals surface area contributed by atoms with Crippen LogP contribution in [0.25, 0.3) is 6.08 Å². The number of carbonyl (C=O) groups is 1. The van der Waals surface area contributed by atoms with E-state index in [2.05, 4.69) is 68.3 Å². The van der Waals surface area contributed by atoms with Crippen LogP contribution < -0.4 is 10.2 Å². The second kappa shape index (κ2) is 9.70. The molecule has 1 saturated carbocycles. The number of amides is 1. The number of rotatable bonds is 5. The number of carbonyl (C=O) groups excluding carboxylic acids is 1. The van der Waals surface area contributed by atoms with Crippen molar-refractivity contribution in [3.05, 3.63) is 63.5 Å². The summed E-state index contributed by atoms with van der Waals surface area (Å²) in [5.41, 5.74) is 3.11. The molecule has 2 aromatic rings. The van der Waals surface area contributed by atoms with Crippen molar-refractivity contribution < 1.29 is 4.79 Å². The maximum absolute atomic E-state index is 13.6. The van der Waals surface area contributed by atoms with Gasteiger partial charge in [-0.1, -0.05) is 55.8 Å². The second-order valence-electron chi connectivity index (χ2n) is 8.64. The normalized spacial score (nSPS) is 25.2. The lowest BCUT2D eigenvalue weighted by Gasteiger charge is -2.39. The van der Waals surface area contributed by atoms with Crippen LogP contribution in [0.1, 0.15) is 38.2 Å². The quantitative estimate of drug-likeness (QED) is 0.482. The summed E-state index contributed by atoms with van der Waals surface area (Å²) in [6.07, 6.45) is 6.76. The van der Waals surface area contributed by atoms with Crippen LogP contribution in [0.15, 0.2) is 57.9 Å². The van der Waals surface area contributed by atoms with Crippen molar-refractivity contribution in [2.24, 2.45) is 5.92 Å². The number of anilines is 2. The number of hydrogen-bond acceptors (Lipinski definition) is 4. The number of thioether (sulfide) groups is 1. The van der Waals surface area contributed by atoms with E-state index in [-0.39, 0.29) is 17.4 Å². The van der Waals surface area contributed by atoms with Crippen molar-refractivity contribution >= 4 is 51.0 Å². The van der Waals surface area contributed by atoms with Gasteiger partial charge in [-0.15, -0.1) is 0 Å². The van der Waals surface area contributed by atoms with Gasteiger partial charge in [0, 0.05) is 30.3 Å². The molecule has 31 heavy (non-hydrogen) atoms. The minimum absolute atomic E-state index is 0.0869. The minimum atomic E-state index is -0.0869. The zero-order valence-corrected chi connectivity index (χ0v) is 20.7. The Hall–Kier alpha value is -1.92. The Labute approximate surface area is 198 Å². The summed E-state index contributed by atoms with van der Waals surface area (Å²) in [6, 6.07) is 16.7. The van der Waals surface area contributed by atoms with Crippen LogP contribution >= 0.6 is 27.7 Å². The average molecular weight is 501 g/mol. The molecule has 3 atom stereocenters. The number of benzene rings is 2. The molecule has 164 valence electrons. The Bertz CT molecular complexity index is 962. The number of nitrogens with zero attached hydrogens (tertiary/aromatic N) is 2. The highest BCUT2D eigenvalue weighted by Crippen LogP contribution is 2.42. The molecule has 0 bridgehead atoms. The molecule has 2 fully saturated rings. The molecule has 2 aromatic carbocycles. The van der Waals surface area contributed by atoms with Gasteiger partial charge in [0.1, 0.15) is 0 Å². The number of hydrogen-bond donors (Lipinski definition) is 1. The van der Waals surface area contributed by atoms with E-state index in [4.69, 9.17) is 0 Å². The zero-order valence-electron chi connectivity index (χ0n) is 18.3. The smallest absolute Gasteiger partial charge is 0.262 e. The number of halogens is 1. The van der Waals surface area contributed by atoms with E-state index in [0.717, 1.165) is 32.7 Å². The predicted octanol–water partition coefficient (Wildman–Crippen LogP) is 6.41. The maximum atomic E-state index is 13.6. The van der Waals surface area contributed by atoms with Crippen molar-refractivity contribution in [3.63, 3.8) is 0 Å². The molecule has 1 unspecified atom stereocenters. The van der Waals surface area contributed by atoms with Crippen LogP contribution in [0.3, 0.4) is 0 Å². The Morgan fingerprint density at radius 1 is 1.13 bits per heavy atom. The molecule has 1 aliphatic heterocycles. The molecule has 4 rings (SSSR count). The Kier molecular flexibility index (Phi) is 6.97. The van der Waals surface area contributed by atoms with Gasteiger partial charge in [0.05, 0.1) is 10.6 Å². The first-order chi connectivity index (χ1) is 14.9. The van der Waals surface area contributed by atoms with E-state index in [1.807, 2.05) is 38.4 Å². The van der Waals surface area contributed by atoms with Crippen LogP contribution in [0.2, 0.25) is 0 Å². The highest BCUT2D eigenvalue weighted by molar-refractivity contribution is 9.10. The van der Waals surface area contributed by atoms with Gasteiger partial charge in [-0.25, -0.2) is 0 Å². The molecule has 1 amide bonds. The third kappa shape index (κ3) is 4.96. The van der Waals surface area contributed by atoms with E-state index in [1.54, 1.807) is 11.8 Å². The molecule has 1 N–H and O–H groups in total. The summed E-state index contributed by atoms with van der Waals surface area (Å²) >= 11 is 5.29. The van der Waals surface area contributed by atoms with Crippen molar-refractivity contribution in [2.75, 3.05) is 24.3 Å². The highest BCUT2D eigenvalue weighted by atomic mass is 79.9. The van der Waals surface area contributed by atoms with Gasteiger partial charge in [-0.3, -0.25) is 4.79 Å². The lowest BCUT2D eigenvalue weighted by Crippen LogP contribution is -2.48. The number of nitrogens with one attached hydrogen (secondary N) is 1. The highest BCUT2D eigenvalue weighted by Gasteiger charge is 2.42. The first kappa shape index (κ1) is 22.3. The van der Waals surface area contributed by atoms with E-state index < -0.39 is 0 Å². The molecule has 0 radical (unpaired) electrons. The van der Waals surface area contributed by atoms with Crippen molar-refractivity contribution in [1.82, 2.24) is 4.90 Å². The molecule has 1 aliphatic carbocycles. The Morgan fingerprint density at radius 3 is 2.55 bits per heavy atom. The molecule has 6 heteroatoms. The van der Waals surface area contributed by atoms with E-state index in [0.29, 0.717) is 5.92 Å². The lowest BCUT2D eigenvalue weighted by atomic mass is 9.85. The van der Waals surface area contributed by atoms with Gasteiger partial charge >= 0.3 is 0 Å². The van der Waals surface area contributed by atoms with Crippen molar-refractivity contribution in [2.45, 2.75) is 44.1 Å². The zero-order chi connectivity index (χ0) is 22.0. The fourth-order valence-corrected chi connectivity index (χ4v) is 6.46. The predicted molar refractivity (Wildman–Crippen MR) is 136 cm³/mol. The third-order valence-corrected chi connectivity index (χ3v) is 7.93. The fourth-order valence-electron chi connectivity index (χ4n) is 4.49. The first-order valence-electron chi connectivity index (χ1n) is 10.9. The summed E-state index contributed by atoms with van der Waals surface area (Å²) in [6.45, 7) is 2.29. The topological polar surface area (TPSA) is 35.6 Å². The molecule has 0 aromatic heterocycles. The van der Waals surface area contributed by atoms with E-state index >= 15 is 0 Å². The van der Waals surface area contributed by atoms with Crippen LogP contribution in [-0.4, -0.2) is 36.4 Å². The van der Waals surface area contributed by atoms with Crippen LogP contribution in [0.4, 0.5) is 11.4 Å². The molecule has 1 saturated heterocycles. The lowest BCUT2D eigenvalue weighted by molar-refractivity contribution is -0.129. The largest absolute Gasteiger partial charge is 0.377 e. The molecule has 2 aliphatic rings. The summed E-state index contributed by atoms with van der Waals surface area (Å²) in [7, 11) is 4.05. The van der Waals surface area contributed by atoms with Crippen LogP contribution in [0, 0.1) is 5.92 Å². The standard InChI is InChI=1S/C25H30BrN3OS/c1-17-9-7-8-12-21(17)29-24(30)23(31-25(29)27-19-10-5-4-6-11-19)16-18-13-14-22(28(2)3)20(26)15-18/h4-6,10-11,13-17,21,25,27H,7-9,12H2,1-3H3/b23-16-/t17-,21+,25?/m1/s1. The molecule has 4 nitrogen and oxygen atoms in total. The van der Waals surface area contributed by atoms with Crippen molar-refractivity contribution in [3.8, 4) is 0 Å². The number of para-hydroxylation sites is 1. The first-order valence-corrected chi connectivity index (χ1v) is 12.6. The third-order valence-electron chi connectivity index (χ3n) is 6.18. The maximum Gasteiger partial charge on any atom is 0.262 e. The summed E-state index contributed by atoms with van der Waals surface area (Å²) in [5, 5.41) is 3.60. The molecular weight excluding hydrogens is 470 g/mol. The second-order valence-corrected chi connectivity index (χ2v) is 10.6. The fraction of sp³-hybridized carbons (Fsp3) is 0.400. The Balaban J connectivity index is 1.64. The summed E-state index contributed by atoms with van der Waals surface area (Å²) in [5.74, 6) is 0.663. The molecule has 1 heterocycles. The monoisotopic (exact) mass is 499 g/mol. The van der Waals surface area contributed by atoms with E-state index in [9.17, 15) is 4.79 Å². The average Bonchev–Trinajstić information content (AvgIpc) is 3.03. The van der Waals surface area contributed by atoms with Gasteiger partial charge in [-0.2, -0.15) is 0 Å². The van der Waals surface area contributed by atoms with Gasteiger partial charge in [0.2, 0.25) is 0 Å². The summed E-state index contributed by atoms with van der Waals surface area (Å²) < 4.78 is 1.03. The van der Waals surface area contributed by atoms with Crippen LogP contribution in [-0.2, 0) is 4.79 Å². The molecular formula is C25H30BrN3OS. The van der Waals surface area contributed by atoms with Gasteiger partial charge < -0.3 is 15.1 Å². The Morgan fingerprint density at radius 2 is 1.87 bits per heavy atom.